The van der Waals surface area contributed by atoms with Crippen molar-refractivity contribution in [2.45, 2.75) is 11.6 Å². The van der Waals surface area contributed by atoms with Crippen LogP contribution in [0.3, 0.4) is 0 Å². The van der Waals surface area contributed by atoms with Crippen LogP contribution in [0.4, 0.5) is 11.4 Å². The van der Waals surface area contributed by atoms with Gasteiger partial charge >= 0.3 is 0 Å². The Labute approximate surface area is 111 Å². The smallest absolute Gasteiger partial charge is 0.281 e. The summed E-state index contributed by atoms with van der Waals surface area (Å²) in [5.41, 5.74) is 6.75. The molecule has 2 rings (SSSR count). The molecule has 2 aromatic rings. The van der Waals surface area contributed by atoms with Gasteiger partial charge in [0.1, 0.15) is 0 Å². The summed E-state index contributed by atoms with van der Waals surface area (Å²) in [6.45, 7) is -0.0970. The third-order valence-corrected chi connectivity index (χ3v) is 3.80. The zero-order chi connectivity index (χ0) is 13.9. The minimum absolute atomic E-state index is 0.0852. The van der Waals surface area contributed by atoms with E-state index < -0.39 is 10.0 Å². The largest absolute Gasteiger partial charge is 0.396 e. The van der Waals surface area contributed by atoms with E-state index in [4.69, 9.17) is 10.8 Å². The lowest BCUT2D eigenvalue weighted by Crippen LogP contribution is -2.16. The number of sulfonamides is 1. The molecule has 6 nitrogen and oxygen atoms in total. The number of aromatic nitrogens is 1. The van der Waals surface area contributed by atoms with Crippen LogP contribution in [-0.2, 0) is 16.6 Å². The Morgan fingerprint density at radius 2 is 1.89 bits per heavy atom. The first-order valence-corrected chi connectivity index (χ1v) is 6.94. The summed E-state index contributed by atoms with van der Waals surface area (Å²) in [5.74, 6) is 0. The van der Waals surface area contributed by atoms with Crippen LogP contribution in [0.5, 0.6) is 0 Å². The van der Waals surface area contributed by atoms with E-state index in [1.807, 2.05) is 0 Å². The van der Waals surface area contributed by atoms with Gasteiger partial charge in [-0.25, -0.2) is 4.98 Å². The van der Waals surface area contributed by atoms with E-state index in [1.54, 1.807) is 30.3 Å². The van der Waals surface area contributed by atoms with Gasteiger partial charge in [-0.2, -0.15) is 8.42 Å². The molecule has 0 radical (unpaired) electrons. The highest BCUT2D eigenvalue weighted by molar-refractivity contribution is 7.92. The Kier molecular flexibility index (Phi) is 3.68. The summed E-state index contributed by atoms with van der Waals surface area (Å²) in [7, 11) is -3.81. The normalized spacial score (nSPS) is 11.2. The molecular formula is C12H13N3O3S. The van der Waals surface area contributed by atoms with Crippen LogP contribution in [-0.4, -0.2) is 18.5 Å². The number of aliphatic hydroxyl groups excluding tert-OH is 1. The highest BCUT2D eigenvalue weighted by atomic mass is 32.2. The molecule has 0 aliphatic heterocycles. The van der Waals surface area contributed by atoms with Gasteiger partial charge in [-0.3, -0.25) is 4.72 Å². The highest BCUT2D eigenvalue weighted by Crippen LogP contribution is 2.19. The van der Waals surface area contributed by atoms with E-state index in [9.17, 15) is 8.42 Å². The number of benzene rings is 1. The molecule has 0 spiro atoms. The summed E-state index contributed by atoms with van der Waals surface area (Å²) in [5, 5.41) is 8.70. The maximum Gasteiger partial charge on any atom is 0.281 e. The number of hydrogen-bond donors (Lipinski definition) is 3. The van der Waals surface area contributed by atoms with E-state index in [-0.39, 0.29) is 17.3 Å². The van der Waals surface area contributed by atoms with Crippen molar-refractivity contribution in [1.82, 2.24) is 4.98 Å². The van der Waals surface area contributed by atoms with Crippen LogP contribution >= 0.6 is 0 Å². The van der Waals surface area contributed by atoms with Crippen molar-refractivity contribution in [1.29, 1.82) is 0 Å². The van der Waals surface area contributed by atoms with Crippen LogP contribution in [0.1, 0.15) is 5.56 Å². The number of nitrogens with one attached hydrogen (secondary N) is 1. The van der Waals surface area contributed by atoms with Gasteiger partial charge in [-0.05, 0) is 29.8 Å². The molecule has 0 aliphatic carbocycles. The number of hydrogen-bond acceptors (Lipinski definition) is 5. The summed E-state index contributed by atoms with van der Waals surface area (Å²) in [4.78, 5) is 3.76. The first-order chi connectivity index (χ1) is 9.03. The maximum absolute atomic E-state index is 12.1. The lowest BCUT2D eigenvalue weighted by molar-refractivity contribution is 0.282. The Balaban J connectivity index is 2.28. The fraction of sp³-hybridized carbons (Fsp3) is 0.0833. The van der Waals surface area contributed by atoms with Crippen molar-refractivity contribution in [2.75, 3.05) is 10.5 Å². The summed E-state index contributed by atoms with van der Waals surface area (Å²) in [6, 6.07) is 9.39. The summed E-state index contributed by atoms with van der Waals surface area (Å²) < 4.78 is 26.5. The molecule has 0 unspecified atom stereocenters. The van der Waals surface area contributed by atoms with Gasteiger partial charge in [-0.1, -0.05) is 12.1 Å². The van der Waals surface area contributed by atoms with Gasteiger partial charge in [0, 0.05) is 11.9 Å². The predicted octanol–water partition coefficient (Wildman–Crippen LogP) is 0.957. The van der Waals surface area contributed by atoms with Crippen molar-refractivity contribution >= 4 is 21.4 Å². The fourth-order valence-corrected chi connectivity index (χ4v) is 2.63. The number of nitrogens with zero attached hydrogens (tertiary/aromatic N) is 1. The first kappa shape index (κ1) is 13.3. The molecule has 1 heterocycles. The third kappa shape index (κ3) is 3.01. The van der Waals surface area contributed by atoms with E-state index >= 15 is 0 Å². The van der Waals surface area contributed by atoms with Gasteiger partial charge in [0.2, 0.25) is 0 Å². The predicted molar refractivity (Wildman–Crippen MR) is 71.8 cm³/mol. The minimum atomic E-state index is -3.81. The lowest BCUT2D eigenvalue weighted by atomic mass is 10.2. The standard InChI is InChI=1S/C12H13N3O3S/c13-11-2-1-7-14-12(11)19(17,18)15-10-5-3-9(8-16)4-6-10/h1-7,15-16H,8,13H2. The average molecular weight is 279 g/mol. The lowest BCUT2D eigenvalue weighted by Gasteiger charge is -2.09. The Morgan fingerprint density at radius 1 is 1.21 bits per heavy atom. The second kappa shape index (κ2) is 5.25. The van der Waals surface area contributed by atoms with Crippen molar-refractivity contribution in [3.05, 3.63) is 48.2 Å². The van der Waals surface area contributed by atoms with Crippen LogP contribution in [0, 0.1) is 0 Å². The van der Waals surface area contributed by atoms with Crippen molar-refractivity contribution < 1.29 is 13.5 Å². The van der Waals surface area contributed by atoms with Gasteiger partial charge < -0.3 is 10.8 Å². The quantitative estimate of drug-likeness (QED) is 0.773. The Morgan fingerprint density at radius 3 is 2.47 bits per heavy atom. The average Bonchev–Trinajstić information content (AvgIpc) is 2.39. The van der Waals surface area contributed by atoms with E-state index in [0.29, 0.717) is 11.3 Å². The second-order valence-corrected chi connectivity index (χ2v) is 5.46. The minimum Gasteiger partial charge on any atom is -0.396 e. The zero-order valence-electron chi connectivity index (χ0n) is 9.95. The number of pyridine rings is 1. The van der Waals surface area contributed by atoms with E-state index in [1.165, 1.54) is 12.3 Å². The Hall–Kier alpha value is -2.12. The molecule has 0 aliphatic rings. The highest BCUT2D eigenvalue weighted by Gasteiger charge is 2.18. The zero-order valence-corrected chi connectivity index (χ0v) is 10.8. The molecule has 100 valence electrons. The summed E-state index contributed by atoms with van der Waals surface area (Å²) >= 11 is 0. The number of aliphatic hydroxyl groups is 1. The molecule has 1 aromatic carbocycles. The molecule has 0 saturated heterocycles. The Bertz CT molecular complexity index is 669. The number of nitrogen functional groups attached to an aromatic ring is 1. The molecule has 0 bridgehead atoms. The molecule has 0 saturated carbocycles. The van der Waals surface area contributed by atoms with Crippen molar-refractivity contribution in [2.24, 2.45) is 0 Å². The SMILES string of the molecule is Nc1cccnc1S(=O)(=O)Nc1ccc(CO)cc1. The monoisotopic (exact) mass is 279 g/mol. The number of rotatable bonds is 4. The maximum atomic E-state index is 12.1. The van der Waals surface area contributed by atoms with Crippen LogP contribution < -0.4 is 10.5 Å². The number of nitrogens with two attached hydrogens (primary N) is 1. The molecule has 0 fully saturated rings. The van der Waals surface area contributed by atoms with Crippen LogP contribution in [0.25, 0.3) is 0 Å². The topological polar surface area (TPSA) is 105 Å². The van der Waals surface area contributed by atoms with Crippen LogP contribution in [0.15, 0.2) is 47.6 Å². The molecule has 0 amide bonds. The fourth-order valence-electron chi connectivity index (χ4n) is 1.51. The van der Waals surface area contributed by atoms with Crippen molar-refractivity contribution in [3.63, 3.8) is 0 Å². The van der Waals surface area contributed by atoms with E-state index in [0.717, 1.165) is 0 Å². The third-order valence-electron chi connectivity index (χ3n) is 2.44. The van der Waals surface area contributed by atoms with Gasteiger partial charge in [0.05, 0.1) is 12.3 Å². The van der Waals surface area contributed by atoms with Gasteiger partial charge in [0.25, 0.3) is 10.0 Å². The number of anilines is 2. The molecule has 0 atom stereocenters. The summed E-state index contributed by atoms with van der Waals surface area (Å²) in [6.07, 6.45) is 1.36. The van der Waals surface area contributed by atoms with Gasteiger partial charge in [0.15, 0.2) is 5.03 Å². The molecule has 19 heavy (non-hydrogen) atoms. The first-order valence-electron chi connectivity index (χ1n) is 5.46. The molecule has 1 aromatic heterocycles. The van der Waals surface area contributed by atoms with Crippen molar-refractivity contribution in [3.8, 4) is 0 Å². The molecular weight excluding hydrogens is 266 g/mol. The molecule has 4 N–H and O–H groups in total. The van der Waals surface area contributed by atoms with Crippen LogP contribution in [0.2, 0.25) is 0 Å². The van der Waals surface area contributed by atoms with Gasteiger partial charge in [-0.15, -0.1) is 0 Å². The second-order valence-electron chi connectivity index (χ2n) is 3.86. The molecule has 7 heteroatoms. The van der Waals surface area contributed by atoms with E-state index in [2.05, 4.69) is 9.71 Å².